The van der Waals surface area contributed by atoms with Gasteiger partial charge in [-0.25, -0.2) is 9.78 Å². The number of Topliss-reactive ketones (excluding diaryl/α,β-unsaturated/α-hetero) is 1. The van der Waals surface area contributed by atoms with E-state index in [9.17, 15) is 24.0 Å². The number of urea groups is 1. The molecule has 2 aliphatic carbocycles. The van der Waals surface area contributed by atoms with Crippen molar-refractivity contribution in [3.63, 3.8) is 0 Å². The third kappa shape index (κ3) is 9.79. The summed E-state index contributed by atoms with van der Waals surface area (Å²) in [7, 11) is 0. The average molecular weight is 647 g/mol. The normalized spacial score (nSPS) is 21.6. The smallest absolute Gasteiger partial charge is 0.315 e. The summed E-state index contributed by atoms with van der Waals surface area (Å²) in [6, 6.07) is -0.296. The van der Waals surface area contributed by atoms with Crippen molar-refractivity contribution < 1.29 is 28.7 Å². The van der Waals surface area contributed by atoms with Gasteiger partial charge in [0.1, 0.15) is 18.2 Å². The van der Waals surface area contributed by atoms with Crippen LogP contribution in [-0.4, -0.2) is 81.8 Å². The van der Waals surface area contributed by atoms with Crippen molar-refractivity contribution in [2.45, 2.75) is 122 Å². The molecule has 0 spiro atoms. The number of halogens is 1. The molecule has 13 heteroatoms. The number of carbonyl (C=O) groups excluding carboxylic acids is 5. The van der Waals surface area contributed by atoms with E-state index < -0.39 is 64.7 Å². The topological polar surface area (TPSA) is 159 Å². The van der Waals surface area contributed by atoms with Crippen LogP contribution in [0, 0.1) is 11.3 Å². The van der Waals surface area contributed by atoms with Crippen LogP contribution < -0.4 is 26.0 Å². The van der Waals surface area contributed by atoms with E-state index in [1.54, 1.807) is 12.1 Å². The molecule has 3 fully saturated rings. The molecular weight excluding hydrogens is 600 g/mol. The van der Waals surface area contributed by atoms with Gasteiger partial charge in [-0.3, -0.25) is 19.2 Å². The first-order valence-corrected chi connectivity index (χ1v) is 16.2. The lowest BCUT2D eigenvalue weighted by Gasteiger charge is -2.36. The molecule has 1 aliphatic heterocycles. The van der Waals surface area contributed by atoms with Crippen molar-refractivity contribution in [1.82, 2.24) is 31.2 Å². The molecule has 12 nitrogen and oxygen atoms in total. The Morgan fingerprint density at radius 2 is 1.71 bits per heavy atom. The number of ether oxygens (including phenoxy) is 1. The second kappa shape index (κ2) is 13.9. The van der Waals surface area contributed by atoms with Crippen molar-refractivity contribution in [2.75, 3.05) is 6.54 Å². The lowest BCUT2D eigenvalue weighted by molar-refractivity contribution is -0.144. The maximum atomic E-state index is 14.2. The van der Waals surface area contributed by atoms with Crippen LogP contribution in [0.15, 0.2) is 18.3 Å². The Hall–Kier alpha value is -3.41. The number of ketones is 1. The Labute approximate surface area is 270 Å². The molecule has 4 N–H and O–H groups in total. The average Bonchev–Trinajstić information content (AvgIpc) is 3.62. The number of amides is 5. The highest BCUT2D eigenvalue weighted by molar-refractivity contribution is 6.38. The Bertz CT molecular complexity index is 1270. The van der Waals surface area contributed by atoms with Gasteiger partial charge < -0.3 is 30.9 Å². The highest BCUT2D eigenvalue weighted by Crippen LogP contribution is 2.32. The SMILES string of the molecule is CC(C)(C)NC(=O)N[C@H](C(=O)N1CC(Oc2ccc(Cl)cn2)C[C@H]1C(=O)N[C@@H](CC1CCC1)C(=O)C(=O)NC1CC1)C(C)(C)C. The monoisotopic (exact) mass is 646 g/mol. The zero-order valence-corrected chi connectivity index (χ0v) is 27.8. The molecule has 5 amide bonds. The molecular formula is C32H47ClN6O6. The van der Waals surface area contributed by atoms with Crippen LogP contribution in [0.5, 0.6) is 5.88 Å². The molecule has 4 atom stereocenters. The molecule has 0 aromatic carbocycles. The second-order valence-corrected chi connectivity index (χ2v) is 15.1. The Kier molecular flexibility index (Phi) is 10.7. The molecule has 0 radical (unpaired) electrons. The zero-order valence-electron chi connectivity index (χ0n) is 27.1. The van der Waals surface area contributed by atoms with Gasteiger partial charge in [0, 0.05) is 30.3 Å². The second-order valence-electron chi connectivity index (χ2n) is 14.6. The van der Waals surface area contributed by atoms with Crippen molar-refractivity contribution in [3.05, 3.63) is 23.4 Å². The van der Waals surface area contributed by atoms with Crippen LogP contribution in [0.4, 0.5) is 4.79 Å². The minimum Gasteiger partial charge on any atom is -0.472 e. The van der Waals surface area contributed by atoms with Crippen molar-refractivity contribution >= 4 is 41.1 Å². The molecule has 4 rings (SSSR count). The fraction of sp³-hybridized carbons (Fsp3) is 0.688. The lowest BCUT2D eigenvalue weighted by atomic mass is 9.80. The van der Waals surface area contributed by atoms with Gasteiger partial charge >= 0.3 is 6.03 Å². The number of carbonyl (C=O) groups is 5. The van der Waals surface area contributed by atoms with Crippen LogP contribution >= 0.6 is 11.6 Å². The lowest BCUT2D eigenvalue weighted by Crippen LogP contribution is -2.61. The number of hydrogen-bond acceptors (Lipinski definition) is 7. The molecule has 3 aliphatic rings. The van der Waals surface area contributed by atoms with E-state index in [4.69, 9.17) is 16.3 Å². The number of pyridine rings is 1. The minimum absolute atomic E-state index is 0.00106. The molecule has 2 saturated carbocycles. The van der Waals surface area contributed by atoms with Gasteiger partial charge in [-0.05, 0) is 57.4 Å². The summed E-state index contributed by atoms with van der Waals surface area (Å²) in [6.45, 7) is 11.0. The molecule has 1 saturated heterocycles. The number of nitrogens with zero attached hydrogens (tertiary/aromatic N) is 2. The van der Waals surface area contributed by atoms with Crippen molar-refractivity contribution in [2.24, 2.45) is 11.3 Å². The molecule has 2 heterocycles. The van der Waals surface area contributed by atoms with Gasteiger partial charge in [-0.2, -0.15) is 0 Å². The predicted octanol–water partition coefficient (Wildman–Crippen LogP) is 3.12. The van der Waals surface area contributed by atoms with E-state index in [0.29, 0.717) is 11.4 Å². The maximum absolute atomic E-state index is 14.2. The number of hydrogen-bond donors (Lipinski definition) is 4. The van der Waals surface area contributed by atoms with Gasteiger partial charge in [-0.15, -0.1) is 0 Å². The molecule has 1 unspecified atom stereocenters. The quantitative estimate of drug-likeness (QED) is 0.269. The number of likely N-dealkylation sites (tertiary alicyclic amines) is 1. The van der Waals surface area contributed by atoms with E-state index in [1.807, 2.05) is 41.5 Å². The first-order valence-electron chi connectivity index (χ1n) is 15.8. The summed E-state index contributed by atoms with van der Waals surface area (Å²) >= 11 is 5.98. The first kappa shape index (κ1) is 34.5. The summed E-state index contributed by atoms with van der Waals surface area (Å²) in [5.41, 5.74) is -1.25. The maximum Gasteiger partial charge on any atom is 0.315 e. The predicted molar refractivity (Wildman–Crippen MR) is 169 cm³/mol. The van der Waals surface area contributed by atoms with E-state index in [2.05, 4.69) is 26.3 Å². The summed E-state index contributed by atoms with van der Waals surface area (Å²) in [5, 5.41) is 11.6. The number of nitrogens with one attached hydrogen (secondary N) is 4. The molecule has 0 bridgehead atoms. The first-order chi connectivity index (χ1) is 21.0. The standard InChI is InChI=1S/C32H47ClN6O6/c1-31(2,3)26(37-30(44)38-32(4,5)6)29(43)39-17-21(45-24-13-10-19(33)16-34-24)15-23(39)27(41)36-22(14-18-8-7-9-18)25(40)28(42)35-20-11-12-20/h10,13,16,18,20-23,26H,7-9,11-12,14-15,17H2,1-6H3,(H,35,42)(H,36,41)(H2,37,38,44)/t21?,22-,23-,26+/m0/s1. The van der Waals surface area contributed by atoms with E-state index >= 15 is 0 Å². The van der Waals surface area contributed by atoms with E-state index in [-0.39, 0.29) is 30.8 Å². The molecule has 1 aromatic rings. The van der Waals surface area contributed by atoms with Gasteiger partial charge in [0.15, 0.2) is 0 Å². The molecule has 1 aromatic heterocycles. The van der Waals surface area contributed by atoms with Gasteiger partial charge in [0.25, 0.3) is 5.91 Å². The third-order valence-electron chi connectivity index (χ3n) is 8.28. The Balaban J connectivity index is 1.57. The summed E-state index contributed by atoms with van der Waals surface area (Å²) in [6.07, 6.45) is 5.87. The summed E-state index contributed by atoms with van der Waals surface area (Å²) < 4.78 is 6.06. The Morgan fingerprint density at radius 1 is 1.02 bits per heavy atom. The van der Waals surface area contributed by atoms with Crippen LogP contribution in [-0.2, 0) is 19.2 Å². The largest absolute Gasteiger partial charge is 0.472 e. The van der Waals surface area contributed by atoms with Gasteiger partial charge in [0.05, 0.1) is 17.6 Å². The molecule has 45 heavy (non-hydrogen) atoms. The van der Waals surface area contributed by atoms with Crippen LogP contribution in [0.1, 0.15) is 86.5 Å². The highest BCUT2D eigenvalue weighted by atomic mass is 35.5. The highest BCUT2D eigenvalue weighted by Gasteiger charge is 2.47. The van der Waals surface area contributed by atoms with Crippen molar-refractivity contribution in [3.8, 4) is 5.88 Å². The van der Waals surface area contributed by atoms with Crippen molar-refractivity contribution in [1.29, 1.82) is 0 Å². The van der Waals surface area contributed by atoms with Gasteiger partial charge in [0.2, 0.25) is 23.5 Å². The molecule has 248 valence electrons. The van der Waals surface area contributed by atoms with Crippen LogP contribution in [0.3, 0.4) is 0 Å². The van der Waals surface area contributed by atoms with Crippen LogP contribution in [0.25, 0.3) is 0 Å². The number of rotatable bonds is 11. The summed E-state index contributed by atoms with van der Waals surface area (Å²) in [5.74, 6) is -1.88. The Morgan fingerprint density at radius 3 is 2.24 bits per heavy atom. The number of aromatic nitrogens is 1. The zero-order chi connectivity index (χ0) is 33.1. The van der Waals surface area contributed by atoms with E-state index in [1.165, 1.54) is 11.1 Å². The fourth-order valence-corrected chi connectivity index (χ4v) is 5.62. The van der Waals surface area contributed by atoms with E-state index in [0.717, 1.165) is 32.1 Å². The van der Waals surface area contributed by atoms with Crippen LogP contribution in [0.2, 0.25) is 5.02 Å². The van der Waals surface area contributed by atoms with Gasteiger partial charge in [-0.1, -0.05) is 51.6 Å². The summed E-state index contributed by atoms with van der Waals surface area (Å²) in [4.78, 5) is 72.6. The fourth-order valence-electron chi connectivity index (χ4n) is 5.50. The third-order valence-corrected chi connectivity index (χ3v) is 8.50. The minimum atomic E-state index is -1.02.